The lowest BCUT2D eigenvalue weighted by molar-refractivity contribution is -0.137. The van der Waals surface area contributed by atoms with Crippen LogP contribution in [0.15, 0.2) is 60.9 Å². The molecule has 8 nitrogen and oxygen atoms in total. The molecule has 0 unspecified atom stereocenters. The van der Waals surface area contributed by atoms with Crippen LogP contribution in [-0.2, 0) is 11.3 Å². The molecule has 1 saturated carbocycles. The summed E-state index contributed by atoms with van der Waals surface area (Å²) in [7, 11) is 0. The Hall–Kier alpha value is -3.65. The molecule has 0 radical (unpaired) electrons. The van der Waals surface area contributed by atoms with Crippen molar-refractivity contribution in [1.82, 2.24) is 25.3 Å². The molecule has 38 heavy (non-hydrogen) atoms. The first kappa shape index (κ1) is 24.7. The van der Waals surface area contributed by atoms with Crippen molar-refractivity contribution >= 4 is 17.5 Å². The van der Waals surface area contributed by atoms with E-state index in [1.807, 2.05) is 35.5 Å². The van der Waals surface area contributed by atoms with Gasteiger partial charge in [0.1, 0.15) is 0 Å². The van der Waals surface area contributed by atoms with Crippen LogP contribution < -0.4 is 10.2 Å². The quantitative estimate of drug-likeness (QED) is 0.506. The van der Waals surface area contributed by atoms with Gasteiger partial charge in [-0.2, -0.15) is 5.10 Å². The SMILES string of the molecule is O=C(c1cccc(N2CCC[C@@H](C(=O)N(Cc3ccc(-c4cn[nH]c4)cc3)C3CC3)C2)c1)N1CCNCC1. The van der Waals surface area contributed by atoms with Crippen molar-refractivity contribution in [3.05, 3.63) is 72.1 Å². The highest BCUT2D eigenvalue weighted by Crippen LogP contribution is 2.33. The molecule has 2 aromatic carbocycles. The minimum Gasteiger partial charge on any atom is -0.371 e. The summed E-state index contributed by atoms with van der Waals surface area (Å²) in [6.07, 6.45) is 7.78. The Balaban J connectivity index is 1.13. The first-order valence-electron chi connectivity index (χ1n) is 13.9. The third-order valence-corrected chi connectivity index (χ3v) is 8.04. The van der Waals surface area contributed by atoms with E-state index in [9.17, 15) is 9.59 Å². The van der Waals surface area contributed by atoms with Crippen LogP contribution in [0.5, 0.6) is 0 Å². The number of benzene rings is 2. The molecule has 1 aromatic heterocycles. The average Bonchev–Trinajstić information content (AvgIpc) is 3.68. The Morgan fingerprint density at radius 3 is 2.53 bits per heavy atom. The Kier molecular flexibility index (Phi) is 7.14. The molecule has 2 aliphatic heterocycles. The smallest absolute Gasteiger partial charge is 0.254 e. The zero-order valence-electron chi connectivity index (χ0n) is 21.8. The Morgan fingerprint density at radius 2 is 1.79 bits per heavy atom. The van der Waals surface area contributed by atoms with Crippen LogP contribution in [0.2, 0.25) is 0 Å². The molecule has 3 aromatic rings. The summed E-state index contributed by atoms with van der Waals surface area (Å²) in [5.41, 5.74) is 5.11. The van der Waals surface area contributed by atoms with Gasteiger partial charge in [-0.1, -0.05) is 30.3 Å². The first-order valence-corrected chi connectivity index (χ1v) is 13.9. The van der Waals surface area contributed by atoms with E-state index in [2.05, 4.69) is 55.6 Å². The number of aromatic amines is 1. The number of carbonyl (C=O) groups excluding carboxylic acids is 2. The zero-order valence-corrected chi connectivity index (χ0v) is 21.8. The topological polar surface area (TPSA) is 84.6 Å². The van der Waals surface area contributed by atoms with Crippen LogP contribution >= 0.6 is 0 Å². The van der Waals surface area contributed by atoms with Gasteiger partial charge in [0, 0.05) is 74.9 Å². The van der Waals surface area contributed by atoms with Gasteiger partial charge in [-0.3, -0.25) is 14.7 Å². The van der Waals surface area contributed by atoms with Gasteiger partial charge in [-0.15, -0.1) is 0 Å². The van der Waals surface area contributed by atoms with Gasteiger partial charge >= 0.3 is 0 Å². The maximum absolute atomic E-state index is 13.8. The molecule has 3 heterocycles. The Morgan fingerprint density at radius 1 is 0.974 bits per heavy atom. The number of piperidine rings is 1. The molecule has 3 fully saturated rings. The van der Waals surface area contributed by atoms with E-state index in [0.717, 1.165) is 86.3 Å². The third-order valence-electron chi connectivity index (χ3n) is 8.04. The number of H-pyrrole nitrogens is 1. The van der Waals surface area contributed by atoms with Gasteiger partial charge in [0.25, 0.3) is 5.91 Å². The fraction of sp³-hybridized carbons (Fsp3) is 0.433. The van der Waals surface area contributed by atoms with Gasteiger partial charge < -0.3 is 20.0 Å². The van der Waals surface area contributed by atoms with Gasteiger partial charge in [0.15, 0.2) is 0 Å². The summed E-state index contributed by atoms with van der Waals surface area (Å²) in [4.78, 5) is 33.2. The molecule has 198 valence electrons. The molecule has 1 atom stereocenters. The Bertz CT molecular complexity index is 1250. The number of aromatic nitrogens is 2. The maximum Gasteiger partial charge on any atom is 0.254 e. The van der Waals surface area contributed by atoms with Crippen molar-refractivity contribution in [3.8, 4) is 11.1 Å². The number of hydrogen-bond acceptors (Lipinski definition) is 5. The van der Waals surface area contributed by atoms with Crippen molar-refractivity contribution in [2.24, 2.45) is 5.92 Å². The number of piperazine rings is 1. The molecule has 2 amide bonds. The molecule has 6 rings (SSSR count). The second kappa shape index (κ2) is 11.0. The van der Waals surface area contributed by atoms with Crippen LogP contribution in [-0.4, -0.2) is 77.1 Å². The highest BCUT2D eigenvalue weighted by Gasteiger charge is 2.37. The first-order chi connectivity index (χ1) is 18.7. The predicted octanol–water partition coefficient (Wildman–Crippen LogP) is 3.53. The number of carbonyl (C=O) groups is 2. The van der Waals surface area contributed by atoms with E-state index in [1.54, 1.807) is 0 Å². The number of hydrogen-bond donors (Lipinski definition) is 2. The fourth-order valence-corrected chi connectivity index (χ4v) is 5.72. The van der Waals surface area contributed by atoms with E-state index >= 15 is 0 Å². The molecule has 2 saturated heterocycles. The summed E-state index contributed by atoms with van der Waals surface area (Å²) in [6, 6.07) is 16.8. The predicted molar refractivity (Wildman–Crippen MR) is 148 cm³/mol. The minimum absolute atomic E-state index is 0.0259. The minimum atomic E-state index is -0.0259. The molecule has 2 N–H and O–H groups in total. The molecular formula is C30H36N6O2. The van der Waals surface area contributed by atoms with E-state index in [4.69, 9.17) is 0 Å². The molecule has 0 spiro atoms. The maximum atomic E-state index is 13.8. The van der Waals surface area contributed by atoms with Crippen LogP contribution in [0.4, 0.5) is 5.69 Å². The van der Waals surface area contributed by atoms with E-state index < -0.39 is 0 Å². The van der Waals surface area contributed by atoms with Crippen LogP contribution in [0.3, 0.4) is 0 Å². The number of nitrogens with one attached hydrogen (secondary N) is 2. The normalized spacial score (nSPS) is 19.8. The lowest BCUT2D eigenvalue weighted by atomic mass is 9.95. The van der Waals surface area contributed by atoms with Crippen molar-refractivity contribution in [2.75, 3.05) is 44.2 Å². The van der Waals surface area contributed by atoms with Crippen molar-refractivity contribution < 1.29 is 9.59 Å². The largest absolute Gasteiger partial charge is 0.371 e. The van der Waals surface area contributed by atoms with Crippen molar-refractivity contribution in [1.29, 1.82) is 0 Å². The lowest BCUT2D eigenvalue weighted by Gasteiger charge is -2.36. The van der Waals surface area contributed by atoms with Gasteiger partial charge in [0.05, 0.1) is 12.1 Å². The number of anilines is 1. The monoisotopic (exact) mass is 512 g/mol. The summed E-state index contributed by atoms with van der Waals surface area (Å²) >= 11 is 0. The fourth-order valence-electron chi connectivity index (χ4n) is 5.72. The summed E-state index contributed by atoms with van der Waals surface area (Å²) in [5.74, 6) is 0.336. The van der Waals surface area contributed by atoms with Crippen LogP contribution in [0.1, 0.15) is 41.6 Å². The highest BCUT2D eigenvalue weighted by atomic mass is 16.2. The number of rotatable bonds is 7. The standard InChI is InChI=1S/C30H36N6O2/c37-29(34-15-12-31-13-16-34)24-3-1-5-28(17-24)35-14-2-4-25(21-35)30(38)36(27-10-11-27)20-22-6-8-23(9-7-22)26-18-32-33-19-26/h1,3,5-9,17-19,25,27,31H,2,4,10-16,20-21H2,(H,32,33)/t25-/m1/s1. The zero-order chi connectivity index (χ0) is 25.9. The van der Waals surface area contributed by atoms with Crippen LogP contribution in [0.25, 0.3) is 11.1 Å². The number of nitrogens with zero attached hydrogens (tertiary/aromatic N) is 4. The van der Waals surface area contributed by atoms with Crippen LogP contribution in [0, 0.1) is 5.92 Å². The van der Waals surface area contributed by atoms with Gasteiger partial charge in [-0.05, 0) is 55.0 Å². The lowest BCUT2D eigenvalue weighted by Crippen LogP contribution is -2.46. The van der Waals surface area contributed by atoms with Gasteiger partial charge in [0.2, 0.25) is 5.91 Å². The molecule has 1 aliphatic carbocycles. The van der Waals surface area contributed by atoms with Gasteiger partial charge in [-0.25, -0.2) is 0 Å². The molecule has 0 bridgehead atoms. The second-order valence-corrected chi connectivity index (χ2v) is 10.8. The van der Waals surface area contributed by atoms with E-state index in [-0.39, 0.29) is 17.7 Å². The summed E-state index contributed by atoms with van der Waals surface area (Å²) in [6.45, 7) is 5.43. The van der Waals surface area contributed by atoms with Crippen molar-refractivity contribution in [3.63, 3.8) is 0 Å². The Labute approximate surface area is 224 Å². The second-order valence-electron chi connectivity index (χ2n) is 10.8. The van der Waals surface area contributed by atoms with E-state index in [0.29, 0.717) is 19.1 Å². The van der Waals surface area contributed by atoms with E-state index in [1.165, 1.54) is 0 Å². The molecule has 3 aliphatic rings. The molecular weight excluding hydrogens is 476 g/mol. The van der Waals surface area contributed by atoms with Crippen molar-refractivity contribution in [2.45, 2.75) is 38.3 Å². The summed E-state index contributed by atoms with van der Waals surface area (Å²) in [5, 5.41) is 10.2. The number of amides is 2. The third kappa shape index (κ3) is 5.45. The molecule has 8 heteroatoms. The average molecular weight is 513 g/mol. The summed E-state index contributed by atoms with van der Waals surface area (Å²) < 4.78 is 0. The highest BCUT2D eigenvalue weighted by molar-refractivity contribution is 5.95.